The van der Waals surface area contributed by atoms with E-state index in [4.69, 9.17) is 9.05 Å². The second kappa shape index (κ2) is 20.4. The van der Waals surface area contributed by atoms with Crippen LogP contribution in [0.3, 0.4) is 0 Å². The van der Waals surface area contributed by atoms with Crippen LogP contribution in [0.4, 0.5) is 0 Å². The number of benzene rings is 1. The van der Waals surface area contributed by atoms with E-state index < -0.39 is 7.82 Å². The summed E-state index contributed by atoms with van der Waals surface area (Å²) in [7, 11) is 0.226. The molecule has 0 saturated carbocycles. The zero-order valence-corrected chi connectivity index (χ0v) is 24.0. The van der Waals surface area contributed by atoms with Crippen LogP contribution in [0.2, 0.25) is 0 Å². The van der Waals surface area contributed by atoms with E-state index in [0.717, 1.165) is 19.4 Å². The molecule has 204 valence electrons. The van der Waals surface area contributed by atoms with Gasteiger partial charge < -0.3 is 9.38 Å². The third kappa shape index (κ3) is 20.1. The normalized spacial score (nSPS) is 13.7. The summed E-state index contributed by atoms with van der Waals surface area (Å²) < 4.78 is 23.2. The molecular weight excluding hydrogens is 457 g/mol. The molecule has 0 radical (unpaired) electrons. The summed E-state index contributed by atoms with van der Waals surface area (Å²) in [6.07, 6.45) is 20.9. The molecule has 0 saturated heterocycles. The van der Waals surface area contributed by atoms with Gasteiger partial charge in [-0.25, -0.2) is 4.57 Å². The first-order chi connectivity index (χ1) is 16.8. The minimum absolute atomic E-state index is 0.201. The molecule has 0 aliphatic heterocycles. The van der Waals surface area contributed by atoms with Crippen LogP contribution in [0.5, 0.6) is 0 Å². The van der Waals surface area contributed by atoms with Crippen molar-refractivity contribution in [2.45, 2.75) is 116 Å². The average molecular weight is 513 g/mol. The van der Waals surface area contributed by atoms with Gasteiger partial charge in [-0.3, -0.25) is 9.05 Å². The van der Waals surface area contributed by atoms with Gasteiger partial charge in [0.1, 0.15) is 19.7 Å². The van der Waals surface area contributed by atoms with Gasteiger partial charge in [-0.15, -0.1) is 0 Å². The van der Waals surface area contributed by atoms with Crippen LogP contribution in [-0.2, 0) is 20.2 Å². The molecule has 1 N–H and O–H groups in total. The Bertz CT molecular complexity index is 653. The van der Waals surface area contributed by atoms with Crippen molar-refractivity contribution in [3.63, 3.8) is 0 Å². The molecule has 0 aliphatic carbocycles. The van der Waals surface area contributed by atoms with E-state index in [1.807, 2.05) is 18.2 Å². The van der Waals surface area contributed by atoms with Gasteiger partial charge in [0.15, 0.2) is 0 Å². The number of nitrogens with zero attached hydrogens (tertiary/aromatic N) is 1. The molecule has 0 bridgehead atoms. The molecule has 0 aliphatic rings. The number of hydrogen-bond acceptors (Lipinski definition) is 3. The Balaban J connectivity index is 1.91. The lowest BCUT2D eigenvalue weighted by Crippen LogP contribution is -2.41. The highest BCUT2D eigenvalue weighted by atomic mass is 31.2. The molecule has 1 unspecified atom stereocenters. The van der Waals surface area contributed by atoms with Crippen LogP contribution in [-0.4, -0.2) is 43.2 Å². The standard InChI is InChI=1S/C29H54NO4P/c1-4-5-6-7-8-9-10-11-12-13-14-15-16-17-18-22-26-33-35(31,32)34-27-25-30(2,3)28-29-23-20-19-21-24-29/h19-21,23-24H,4-18,22,25-28H2,1-3H3/p+1. The lowest BCUT2D eigenvalue weighted by Gasteiger charge is -2.30. The van der Waals surface area contributed by atoms with Crippen molar-refractivity contribution in [3.8, 4) is 0 Å². The van der Waals surface area contributed by atoms with Gasteiger partial charge in [0.2, 0.25) is 0 Å². The van der Waals surface area contributed by atoms with Crippen LogP contribution in [0.15, 0.2) is 30.3 Å². The van der Waals surface area contributed by atoms with Gasteiger partial charge in [-0.2, -0.15) is 0 Å². The van der Waals surface area contributed by atoms with Crippen molar-refractivity contribution in [1.82, 2.24) is 0 Å². The lowest BCUT2D eigenvalue weighted by atomic mass is 10.0. The van der Waals surface area contributed by atoms with Gasteiger partial charge in [0, 0.05) is 5.56 Å². The van der Waals surface area contributed by atoms with E-state index in [1.54, 1.807) is 0 Å². The molecule has 1 atom stereocenters. The third-order valence-electron chi connectivity index (χ3n) is 6.66. The van der Waals surface area contributed by atoms with Crippen LogP contribution >= 0.6 is 7.82 Å². The van der Waals surface area contributed by atoms with Crippen molar-refractivity contribution in [3.05, 3.63) is 35.9 Å². The summed E-state index contributed by atoms with van der Waals surface area (Å²) in [5.74, 6) is 0. The smallest absolute Gasteiger partial charge is 0.323 e. The highest BCUT2D eigenvalue weighted by molar-refractivity contribution is 7.47. The Hall–Kier alpha value is -0.710. The van der Waals surface area contributed by atoms with Crippen molar-refractivity contribution in [2.24, 2.45) is 0 Å². The molecule has 0 fully saturated rings. The fourth-order valence-electron chi connectivity index (χ4n) is 4.43. The van der Waals surface area contributed by atoms with E-state index in [-0.39, 0.29) is 13.2 Å². The zero-order valence-electron chi connectivity index (χ0n) is 23.1. The van der Waals surface area contributed by atoms with Crippen molar-refractivity contribution in [2.75, 3.05) is 33.9 Å². The first kappa shape index (κ1) is 32.3. The molecule has 0 heterocycles. The quantitative estimate of drug-likeness (QED) is 0.0855. The largest absolute Gasteiger partial charge is 0.472 e. The SMILES string of the molecule is CCCCCCCCCCCCCCCCCCOP(=O)(O)OCC[N+](C)(C)Cc1ccccc1. The number of hydrogen-bond donors (Lipinski definition) is 1. The van der Waals surface area contributed by atoms with Gasteiger partial charge in [0.05, 0.1) is 20.7 Å². The van der Waals surface area contributed by atoms with Gasteiger partial charge in [0.25, 0.3) is 0 Å². The Morgan fingerprint density at radius 2 is 1.11 bits per heavy atom. The lowest BCUT2D eigenvalue weighted by molar-refractivity contribution is -0.903. The maximum atomic E-state index is 12.1. The Morgan fingerprint density at radius 1 is 0.686 bits per heavy atom. The number of rotatable bonds is 24. The molecule has 1 aromatic rings. The fourth-order valence-corrected chi connectivity index (χ4v) is 5.17. The van der Waals surface area contributed by atoms with E-state index in [2.05, 4.69) is 33.2 Å². The predicted molar refractivity (Wildman–Crippen MR) is 148 cm³/mol. The number of quaternary nitrogens is 1. The Kier molecular flexibility index (Phi) is 18.8. The molecule has 0 aromatic heterocycles. The van der Waals surface area contributed by atoms with Crippen LogP contribution in [0, 0.1) is 0 Å². The zero-order chi connectivity index (χ0) is 25.7. The maximum Gasteiger partial charge on any atom is 0.472 e. The van der Waals surface area contributed by atoms with E-state index >= 15 is 0 Å². The second-order valence-corrected chi connectivity index (χ2v) is 12.2. The Labute approximate surface area is 216 Å². The summed E-state index contributed by atoms with van der Waals surface area (Å²) in [4.78, 5) is 9.93. The number of phosphoric ester groups is 1. The molecule has 0 amide bonds. The molecule has 35 heavy (non-hydrogen) atoms. The van der Waals surface area contributed by atoms with E-state index in [1.165, 1.54) is 95.5 Å². The molecule has 1 aromatic carbocycles. The molecular formula is C29H55NO4P+. The van der Waals surface area contributed by atoms with Crippen molar-refractivity contribution in [1.29, 1.82) is 0 Å². The topological polar surface area (TPSA) is 55.8 Å². The number of unbranched alkanes of at least 4 members (excludes halogenated alkanes) is 15. The van der Waals surface area contributed by atoms with Crippen LogP contribution in [0.25, 0.3) is 0 Å². The summed E-state index contributed by atoms with van der Waals surface area (Å²) in [6, 6.07) is 10.3. The van der Waals surface area contributed by atoms with Crippen molar-refractivity contribution < 1.29 is 23.0 Å². The first-order valence-electron chi connectivity index (χ1n) is 14.3. The summed E-state index contributed by atoms with van der Waals surface area (Å²) in [5.41, 5.74) is 1.24. The molecule has 6 heteroatoms. The third-order valence-corrected chi connectivity index (χ3v) is 7.67. The van der Waals surface area contributed by atoms with Crippen LogP contribution in [0.1, 0.15) is 115 Å². The highest BCUT2D eigenvalue weighted by Gasteiger charge is 2.23. The van der Waals surface area contributed by atoms with Gasteiger partial charge in [-0.05, 0) is 6.42 Å². The summed E-state index contributed by atoms with van der Waals surface area (Å²) in [6.45, 7) is 4.25. The van der Waals surface area contributed by atoms with Gasteiger partial charge in [-0.1, -0.05) is 134 Å². The summed E-state index contributed by atoms with van der Waals surface area (Å²) >= 11 is 0. The average Bonchev–Trinajstić information content (AvgIpc) is 2.81. The van der Waals surface area contributed by atoms with E-state index in [9.17, 15) is 9.46 Å². The predicted octanol–water partition coefficient (Wildman–Crippen LogP) is 8.66. The number of phosphoric acid groups is 1. The second-order valence-electron chi connectivity index (χ2n) is 10.7. The first-order valence-corrected chi connectivity index (χ1v) is 15.8. The minimum atomic E-state index is -3.96. The van der Waals surface area contributed by atoms with E-state index in [0.29, 0.717) is 11.0 Å². The van der Waals surface area contributed by atoms with Crippen LogP contribution < -0.4 is 0 Å². The summed E-state index contributed by atoms with van der Waals surface area (Å²) in [5, 5.41) is 0. The molecule has 0 spiro atoms. The van der Waals surface area contributed by atoms with Crippen molar-refractivity contribution >= 4 is 7.82 Å². The highest BCUT2D eigenvalue weighted by Crippen LogP contribution is 2.43. The monoisotopic (exact) mass is 512 g/mol. The molecule has 1 rings (SSSR count). The molecule has 5 nitrogen and oxygen atoms in total. The minimum Gasteiger partial charge on any atom is -0.323 e. The number of likely N-dealkylation sites (N-methyl/N-ethyl adjacent to an activating group) is 1. The van der Waals surface area contributed by atoms with Gasteiger partial charge >= 0.3 is 7.82 Å². The maximum absolute atomic E-state index is 12.1. The Morgan fingerprint density at radius 3 is 1.60 bits per heavy atom. The fraction of sp³-hybridized carbons (Fsp3) is 0.793.